The van der Waals surface area contributed by atoms with Crippen molar-refractivity contribution in [2.24, 2.45) is 0 Å². The molecular formula is C13H20F2N2O2. The van der Waals surface area contributed by atoms with E-state index >= 15 is 0 Å². The van der Waals surface area contributed by atoms with Gasteiger partial charge < -0.3 is 20.1 Å². The Kier molecular flexibility index (Phi) is 6.69. The number of alkyl halides is 2. The number of rotatable bonds is 8. The highest BCUT2D eigenvalue weighted by Crippen LogP contribution is 2.26. The summed E-state index contributed by atoms with van der Waals surface area (Å²) in [5.41, 5.74) is 0.532. The molecule has 1 aromatic carbocycles. The Morgan fingerprint density at radius 2 is 2.00 bits per heavy atom. The van der Waals surface area contributed by atoms with E-state index in [4.69, 9.17) is 0 Å². The maximum absolute atomic E-state index is 12.3. The fourth-order valence-electron chi connectivity index (χ4n) is 1.71. The molecule has 0 aliphatic rings. The largest absolute Gasteiger partial charge is 0.434 e. The molecule has 0 heterocycles. The van der Waals surface area contributed by atoms with Crippen LogP contribution in [0.5, 0.6) is 5.75 Å². The van der Waals surface area contributed by atoms with Crippen molar-refractivity contribution in [3.63, 3.8) is 0 Å². The van der Waals surface area contributed by atoms with E-state index in [9.17, 15) is 13.9 Å². The molecule has 1 unspecified atom stereocenters. The van der Waals surface area contributed by atoms with Gasteiger partial charge in [0.05, 0.1) is 12.6 Å². The summed E-state index contributed by atoms with van der Waals surface area (Å²) in [4.78, 5) is 1.99. The van der Waals surface area contributed by atoms with Crippen LogP contribution in [-0.2, 0) is 0 Å². The van der Waals surface area contributed by atoms with E-state index < -0.39 is 12.7 Å². The normalized spacial score (nSPS) is 13.0. The van der Waals surface area contributed by atoms with E-state index in [1.165, 1.54) is 6.07 Å². The van der Waals surface area contributed by atoms with Crippen molar-refractivity contribution >= 4 is 0 Å². The molecule has 0 amide bonds. The fraction of sp³-hybridized carbons (Fsp3) is 0.538. The van der Waals surface area contributed by atoms with Crippen molar-refractivity contribution in [3.8, 4) is 5.75 Å². The maximum Gasteiger partial charge on any atom is 0.387 e. The molecule has 0 saturated heterocycles. The van der Waals surface area contributed by atoms with Crippen LogP contribution >= 0.6 is 0 Å². The van der Waals surface area contributed by atoms with Crippen LogP contribution in [0, 0.1) is 0 Å². The van der Waals surface area contributed by atoms with Gasteiger partial charge in [0, 0.05) is 18.7 Å². The number of aliphatic hydroxyl groups excluding tert-OH is 1. The highest BCUT2D eigenvalue weighted by atomic mass is 19.3. The highest BCUT2D eigenvalue weighted by Gasteiger charge is 2.16. The Morgan fingerprint density at radius 1 is 1.32 bits per heavy atom. The Labute approximate surface area is 112 Å². The van der Waals surface area contributed by atoms with Crippen molar-refractivity contribution in [2.75, 3.05) is 33.8 Å². The molecule has 0 radical (unpaired) electrons. The summed E-state index contributed by atoms with van der Waals surface area (Å²) >= 11 is 0. The molecule has 19 heavy (non-hydrogen) atoms. The first kappa shape index (κ1) is 15.8. The molecule has 0 aliphatic carbocycles. The van der Waals surface area contributed by atoms with Gasteiger partial charge in [0.1, 0.15) is 5.75 Å². The number of aliphatic hydroxyl groups is 1. The fourth-order valence-corrected chi connectivity index (χ4v) is 1.71. The molecule has 0 fully saturated rings. The number of para-hydroxylation sites is 1. The number of hydrogen-bond acceptors (Lipinski definition) is 4. The molecule has 4 nitrogen and oxygen atoms in total. The lowest BCUT2D eigenvalue weighted by Crippen LogP contribution is -2.31. The average molecular weight is 274 g/mol. The molecule has 0 spiro atoms. The van der Waals surface area contributed by atoms with Gasteiger partial charge >= 0.3 is 6.61 Å². The van der Waals surface area contributed by atoms with E-state index in [1.807, 2.05) is 19.0 Å². The Hall–Kier alpha value is -1.24. The summed E-state index contributed by atoms with van der Waals surface area (Å²) in [6.07, 6.45) is 0. The van der Waals surface area contributed by atoms with E-state index in [2.05, 4.69) is 10.1 Å². The number of benzene rings is 1. The molecule has 0 saturated carbocycles. The first-order valence-corrected chi connectivity index (χ1v) is 6.07. The summed E-state index contributed by atoms with van der Waals surface area (Å²) in [5, 5.41) is 12.5. The van der Waals surface area contributed by atoms with Crippen LogP contribution in [-0.4, -0.2) is 50.4 Å². The second-order valence-electron chi connectivity index (χ2n) is 4.41. The Bertz CT molecular complexity index is 375. The number of likely N-dealkylation sites (N-methyl/N-ethyl adjacent to an activating group) is 1. The second-order valence-corrected chi connectivity index (χ2v) is 4.41. The van der Waals surface area contributed by atoms with Crippen LogP contribution in [0.2, 0.25) is 0 Å². The monoisotopic (exact) mass is 274 g/mol. The molecular weight excluding hydrogens is 254 g/mol. The number of nitrogens with zero attached hydrogens (tertiary/aromatic N) is 1. The first-order chi connectivity index (χ1) is 9.04. The minimum absolute atomic E-state index is 0.0916. The van der Waals surface area contributed by atoms with Gasteiger partial charge in [-0.3, -0.25) is 0 Å². The second kappa shape index (κ2) is 8.04. The van der Waals surface area contributed by atoms with Crippen LogP contribution in [0.15, 0.2) is 24.3 Å². The van der Waals surface area contributed by atoms with Crippen LogP contribution in [0.1, 0.15) is 11.6 Å². The topological polar surface area (TPSA) is 44.7 Å². The van der Waals surface area contributed by atoms with Crippen molar-refractivity contribution in [3.05, 3.63) is 29.8 Å². The summed E-state index contributed by atoms with van der Waals surface area (Å²) in [5.74, 6) is 0.0916. The van der Waals surface area contributed by atoms with E-state index in [0.717, 1.165) is 6.54 Å². The Morgan fingerprint density at radius 3 is 2.58 bits per heavy atom. The zero-order valence-electron chi connectivity index (χ0n) is 11.1. The minimum Gasteiger partial charge on any atom is -0.434 e. The quantitative estimate of drug-likeness (QED) is 0.753. The third-order valence-corrected chi connectivity index (χ3v) is 2.64. The van der Waals surface area contributed by atoms with Gasteiger partial charge in [-0.15, -0.1) is 0 Å². The van der Waals surface area contributed by atoms with Crippen molar-refractivity contribution < 1.29 is 18.6 Å². The van der Waals surface area contributed by atoms with Crippen LogP contribution in [0.3, 0.4) is 0 Å². The number of hydrogen-bond donors (Lipinski definition) is 2. The van der Waals surface area contributed by atoms with Crippen molar-refractivity contribution in [2.45, 2.75) is 12.7 Å². The van der Waals surface area contributed by atoms with Crippen molar-refractivity contribution in [1.82, 2.24) is 10.2 Å². The molecule has 0 aromatic heterocycles. The van der Waals surface area contributed by atoms with Crippen LogP contribution < -0.4 is 10.1 Å². The highest BCUT2D eigenvalue weighted by molar-refractivity contribution is 5.36. The van der Waals surface area contributed by atoms with Gasteiger partial charge in [-0.25, -0.2) is 0 Å². The molecule has 1 aromatic rings. The standard InChI is InChI=1S/C13H20F2N2O2/c1-17(2)8-7-16-11(9-18)10-5-3-4-6-12(10)19-13(14)15/h3-6,11,13,16,18H,7-9H2,1-2H3. The van der Waals surface area contributed by atoms with Gasteiger partial charge in [0.25, 0.3) is 0 Å². The molecule has 0 bridgehead atoms. The predicted octanol–water partition coefficient (Wildman–Crippen LogP) is 1.47. The first-order valence-electron chi connectivity index (χ1n) is 6.07. The zero-order chi connectivity index (χ0) is 14.3. The smallest absolute Gasteiger partial charge is 0.387 e. The molecule has 108 valence electrons. The molecule has 0 aliphatic heterocycles. The molecule has 6 heteroatoms. The van der Waals surface area contributed by atoms with Gasteiger partial charge in [0.2, 0.25) is 0 Å². The van der Waals surface area contributed by atoms with Crippen LogP contribution in [0.25, 0.3) is 0 Å². The average Bonchev–Trinajstić information content (AvgIpc) is 2.35. The SMILES string of the molecule is CN(C)CCNC(CO)c1ccccc1OC(F)F. The maximum atomic E-state index is 12.3. The summed E-state index contributed by atoms with van der Waals surface area (Å²) in [7, 11) is 3.87. The van der Waals surface area contributed by atoms with Gasteiger partial charge in [-0.05, 0) is 20.2 Å². The van der Waals surface area contributed by atoms with Crippen LogP contribution in [0.4, 0.5) is 8.78 Å². The summed E-state index contributed by atoms with van der Waals surface area (Å²) in [6.45, 7) is -1.63. The summed E-state index contributed by atoms with van der Waals surface area (Å²) in [6, 6.07) is 6.06. The van der Waals surface area contributed by atoms with Gasteiger partial charge in [-0.2, -0.15) is 8.78 Å². The lowest BCUT2D eigenvalue weighted by atomic mass is 10.1. The molecule has 1 rings (SSSR count). The van der Waals surface area contributed by atoms with Gasteiger partial charge in [-0.1, -0.05) is 18.2 Å². The van der Waals surface area contributed by atoms with E-state index in [-0.39, 0.29) is 12.4 Å². The number of nitrogens with one attached hydrogen (secondary N) is 1. The molecule has 2 N–H and O–H groups in total. The third-order valence-electron chi connectivity index (χ3n) is 2.64. The lowest BCUT2D eigenvalue weighted by Gasteiger charge is -2.21. The van der Waals surface area contributed by atoms with E-state index in [0.29, 0.717) is 12.1 Å². The summed E-state index contributed by atoms with van der Waals surface area (Å²) < 4.78 is 29.1. The predicted molar refractivity (Wildman–Crippen MR) is 69.5 cm³/mol. The van der Waals surface area contributed by atoms with E-state index in [1.54, 1.807) is 18.2 Å². The number of halogens is 2. The molecule has 1 atom stereocenters. The van der Waals surface area contributed by atoms with Gasteiger partial charge in [0.15, 0.2) is 0 Å². The third kappa shape index (κ3) is 5.50. The zero-order valence-corrected chi connectivity index (χ0v) is 11.1. The van der Waals surface area contributed by atoms with Crippen molar-refractivity contribution in [1.29, 1.82) is 0 Å². The lowest BCUT2D eigenvalue weighted by molar-refractivity contribution is -0.0508. The number of ether oxygens (including phenoxy) is 1. The Balaban J connectivity index is 2.73. The minimum atomic E-state index is -2.87.